The average molecular weight is 345 g/mol. The van der Waals surface area contributed by atoms with Gasteiger partial charge in [0.05, 0.1) is 0 Å². The summed E-state index contributed by atoms with van der Waals surface area (Å²) in [7, 11) is 0. The summed E-state index contributed by atoms with van der Waals surface area (Å²) < 4.78 is 40.0. The van der Waals surface area contributed by atoms with E-state index < -0.39 is 17.9 Å². The summed E-state index contributed by atoms with van der Waals surface area (Å²) in [4.78, 5) is 23.4. The summed E-state index contributed by atoms with van der Waals surface area (Å²) in [6.07, 6.45) is -2.04. The predicted octanol–water partition coefficient (Wildman–Crippen LogP) is 3.03. The van der Waals surface area contributed by atoms with E-state index in [1.807, 2.05) is 0 Å². The lowest BCUT2D eigenvalue weighted by Gasteiger charge is -2.25. The molecule has 1 aliphatic carbocycles. The number of benzene rings is 1. The number of halogens is 3. The van der Waals surface area contributed by atoms with Crippen molar-refractivity contribution in [3.63, 3.8) is 0 Å². The summed E-state index contributed by atoms with van der Waals surface area (Å²) in [6, 6.07) is 5.24. The largest absolute Gasteiger partial charge is 0.573 e. The Bertz CT molecular complexity index is 592. The highest BCUT2D eigenvalue weighted by atomic mass is 19.4. The Hall–Kier alpha value is -2.25. The van der Waals surface area contributed by atoms with Crippen molar-refractivity contribution >= 4 is 11.9 Å². The molecule has 1 saturated carbocycles. The molecule has 0 aromatic heterocycles. The first-order valence-corrected chi connectivity index (χ1v) is 7.59. The Balaban J connectivity index is 1.86. The molecule has 1 fully saturated rings. The number of rotatable bonds is 6. The van der Waals surface area contributed by atoms with Gasteiger partial charge < -0.3 is 15.2 Å². The molecule has 0 radical (unpaired) electrons. The van der Waals surface area contributed by atoms with E-state index in [4.69, 9.17) is 0 Å². The van der Waals surface area contributed by atoms with Gasteiger partial charge in [-0.25, -0.2) is 4.79 Å². The SMILES string of the molecule is O=C(CCc1ccc(OC(F)(F)F)cc1)NC1(C(=O)O)CCCC1. The van der Waals surface area contributed by atoms with Gasteiger partial charge in [-0.15, -0.1) is 13.2 Å². The fraction of sp³-hybridized carbons (Fsp3) is 0.500. The second kappa shape index (κ2) is 7.11. The minimum Gasteiger partial charge on any atom is -0.480 e. The van der Waals surface area contributed by atoms with Gasteiger partial charge in [0.2, 0.25) is 5.91 Å². The molecule has 2 rings (SSSR count). The van der Waals surface area contributed by atoms with Gasteiger partial charge in [0.1, 0.15) is 11.3 Å². The number of hydrogen-bond acceptors (Lipinski definition) is 3. The normalized spacial score (nSPS) is 16.6. The van der Waals surface area contributed by atoms with Gasteiger partial charge in [0.15, 0.2) is 0 Å². The molecule has 24 heavy (non-hydrogen) atoms. The highest BCUT2D eigenvalue weighted by Crippen LogP contribution is 2.30. The molecule has 0 atom stereocenters. The molecular weight excluding hydrogens is 327 g/mol. The van der Waals surface area contributed by atoms with Crippen LogP contribution >= 0.6 is 0 Å². The smallest absolute Gasteiger partial charge is 0.480 e. The minimum atomic E-state index is -4.74. The number of nitrogens with one attached hydrogen (secondary N) is 1. The second-order valence-corrected chi connectivity index (χ2v) is 5.83. The maximum absolute atomic E-state index is 12.1. The van der Waals surface area contributed by atoms with Crippen LogP contribution in [0.2, 0.25) is 0 Å². The molecule has 1 aliphatic rings. The van der Waals surface area contributed by atoms with Crippen LogP contribution in [0.3, 0.4) is 0 Å². The maximum atomic E-state index is 12.1. The van der Waals surface area contributed by atoms with Gasteiger partial charge in [0, 0.05) is 6.42 Å². The number of carboxylic acid groups (broad SMARTS) is 1. The van der Waals surface area contributed by atoms with Crippen molar-refractivity contribution in [1.82, 2.24) is 5.32 Å². The van der Waals surface area contributed by atoms with Crippen LogP contribution < -0.4 is 10.1 Å². The van der Waals surface area contributed by atoms with Crippen LogP contribution in [-0.4, -0.2) is 28.9 Å². The lowest BCUT2D eigenvalue weighted by Crippen LogP contribution is -2.52. The number of aliphatic carboxylic acids is 1. The summed E-state index contributed by atoms with van der Waals surface area (Å²) >= 11 is 0. The van der Waals surface area contributed by atoms with Crippen LogP contribution in [0, 0.1) is 0 Å². The summed E-state index contributed by atoms with van der Waals surface area (Å²) in [6.45, 7) is 0. The fourth-order valence-corrected chi connectivity index (χ4v) is 2.82. The van der Waals surface area contributed by atoms with Gasteiger partial charge in [-0.3, -0.25) is 4.79 Å². The first-order chi connectivity index (χ1) is 11.2. The summed E-state index contributed by atoms with van der Waals surface area (Å²) in [5.41, 5.74) is -0.517. The highest BCUT2D eigenvalue weighted by molar-refractivity contribution is 5.87. The Labute approximate surface area is 136 Å². The van der Waals surface area contributed by atoms with E-state index in [2.05, 4.69) is 10.1 Å². The number of hydrogen-bond donors (Lipinski definition) is 2. The molecule has 5 nitrogen and oxygen atoms in total. The van der Waals surface area contributed by atoms with Crippen molar-refractivity contribution in [2.45, 2.75) is 50.4 Å². The van der Waals surface area contributed by atoms with Gasteiger partial charge in [-0.2, -0.15) is 0 Å². The molecule has 1 amide bonds. The molecule has 0 unspecified atom stereocenters. The van der Waals surface area contributed by atoms with E-state index in [-0.39, 0.29) is 18.1 Å². The van der Waals surface area contributed by atoms with E-state index >= 15 is 0 Å². The quantitative estimate of drug-likeness (QED) is 0.831. The maximum Gasteiger partial charge on any atom is 0.573 e. The monoisotopic (exact) mass is 345 g/mol. The molecule has 132 valence electrons. The third kappa shape index (κ3) is 4.87. The molecular formula is C16H18F3NO4. The molecule has 0 aliphatic heterocycles. The number of carbonyl (C=O) groups excluding carboxylic acids is 1. The van der Waals surface area contributed by atoms with E-state index in [1.165, 1.54) is 24.3 Å². The molecule has 0 saturated heterocycles. The van der Waals surface area contributed by atoms with Crippen LogP contribution in [0.5, 0.6) is 5.75 Å². The van der Waals surface area contributed by atoms with Gasteiger partial charge in [-0.1, -0.05) is 25.0 Å². The van der Waals surface area contributed by atoms with Crippen molar-refractivity contribution in [2.75, 3.05) is 0 Å². The number of amides is 1. The third-order valence-electron chi connectivity index (χ3n) is 4.04. The standard InChI is InChI=1S/C16H18F3NO4/c17-16(18,19)24-12-6-3-11(4-7-12)5-8-13(21)20-15(14(22)23)9-1-2-10-15/h3-4,6-7H,1-2,5,8-10H2,(H,20,21)(H,22,23). The Morgan fingerprint density at radius 2 is 1.75 bits per heavy atom. The Morgan fingerprint density at radius 3 is 2.25 bits per heavy atom. The van der Waals surface area contributed by atoms with E-state index in [0.717, 1.165) is 12.8 Å². The first-order valence-electron chi connectivity index (χ1n) is 7.59. The van der Waals surface area contributed by atoms with Crippen molar-refractivity contribution in [1.29, 1.82) is 0 Å². The Kier molecular flexibility index (Phi) is 5.36. The lowest BCUT2D eigenvalue weighted by molar-refractivity contribution is -0.274. The van der Waals surface area contributed by atoms with Crippen molar-refractivity contribution in [3.05, 3.63) is 29.8 Å². The van der Waals surface area contributed by atoms with E-state index in [9.17, 15) is 27.9 Å². The molecule has 2 N–H and O–H groups in total. The molecule has 0 heterocycles. The highest BCUT2D eigenvalue weighted by Gasteiger charge is 2.42. The van der Waals surface area contributed by atoms with Crippen LogP contribution in [0.1, 0.15) is 37.7 Å². The number of aryl methyl sites for hydroxylation is 1. The molecule has 8 heteroatoms. The zero-order valence-electron chi connectivity index (χ0n) is 12.9. The number of carbonyl (C=O) groups is 2. The first kappa shape index (κ1) is 18.1. The van der Waals surface area contributed by atoms with Crippen molar-refractivity contribution in [3.8, 4) is 5.75 Å². The zero-order valence-corrected chi connectivity index (χ0v) is 12.9. The second-order valence-electron chi connectivity index (χ2n) is 5.83. The van der Waals surface area contributed by atoms with Crippen LogP contribution in [0.15, 0.2) is 24.3 Å². The predicted molar refractivity (Wildman–Crippen MR) is 78.4 cm³/mol. The van der Waals surface area contributed by atoms with Gasteiger partial charge >= 0.3 is 12.3 Å². The number of ether oxygens (including phenoxy) is 1. The van der Waals surface area contributed by atoms with Crippen LogP contribution in [0.4, 0.5) is 13.2 Å². The number of carboxylic acids is 1. The lowest BCUT2D eigenvalue weighted by atomic mass is 9.97. The van der Waals surface area contributed by atoms with Crippen LogP contribution in [-0.2, 0) is 16.0 Å². The minimum absolute atomic E-state index is 0.0640. The van der Waals surface area contributed by atoms with E-state index in [1.54, 1.807) is 0 Å². The third-order valence-corrected chi connectivity index (χ3v) is 4.04. The molecule has 1 aromatic carbocycles. The molecule has 0 bridgehead atoms. The van der Waals surface area contributed by atoms with Gasteiger partial charge in [0.25, 0.3) is 0 Å². The average Bonchev–Trinajstić information content (AvgIpc) is 2.95. The Morgan fingerprint density at radius 1 is 1.17 bits per heavy atom. The molecule has 1 aromatic rings. The van der Waals surface area contributed by atoms with Gasteiger partial charge in [-0.05, 0) is 37.0 Å². The van der Waals surface area contributed by atoms with Crippen LogP contribution in [0.25, 0.3) is 0 Å². The summed E-state index contributed by atoms with van der Waals surface area (Å²) in [5.74, 6) is -1.73. The fourth-order valence-electron chi connectivity index (χ4n) is 2.82. The number of alkyl halides is 3. The summed E-state index contributed by atoms with van der Waals surface area (Å²) in [5, 5.41) is 11.9. The van der Waals surface area contributed by atoms with Crippen molar-refractivity contribution < 1.29 is 32.6 Å². The van der Waals surface area contributed by atoms with Crippen molar-refractivity contribution in [2.24, 2.45) is 0 Å². The molecule has 0 spiro atoms. The zero-order chi connectivity index (χ0) is 17.8. The topological polar surface area (TPSA) is 75.6 Å². The van der Waals surface area contributed by atoms with E-state index in [0.29, 0.717) is 24.8 Å².